The van der Waals surface area contributed by atoms with E-state index in [2.05, 4.69) is 5.32 Å². The lowest BCUT2D eigenvalue weighted by atomic mass is 10.0. The van der Waals surface area contributed by atoms with Gasteiger partial charge in [0.05, 0.1) is 6.04 Å². The van der Waals surface area contributed by atoms with E-state index in [1.165, 1.54) is 12.1 Å². The summed E-state index contributed by atoms with van der Waals surface area (Å²) in [6.07, 6.45) is 0.981. The average molecular weight is 270 g/mol. The number of rotatable bonds is 6. The lowest BCUT2D eigenvalue weighted by Gasteiger charge is -2.14. The van der Waals surface area contributed by atoms with Gasteiger partial charge in [0.15, 0.2) is 0 Å². The molecule has 0 aliphatic heterocycles. The molecule has 1 aromatic carbocycles. The van der Waals surface area contributed by atoms with Crippen molar-refractivity contribution < 1.29 is 13.6 Å². The van der Waals surface area contributed by atoms with E-state index >= 15 is 0 Å². The number of benzene rings is 1. The number of nitrogens with two attached hydrogens (primary N) is 1. The highest BCUT2D eigenvalue weighted by Gasteiger charge is 2.14. The van der Waals surface area contributed by atoms with Crippen molar-refractivity contribution in [3.05, 3.63) is 35.4 Å². The Kier molecular flexibility index (Phi) is 5.89. The van der Waals surface area contributed by atoms with Crippen molar-refractivity contribution in [2.24, 2.45) is 11.7 Å². The van der Waals surface area contributed by atoms with Gasteiger partial charge in [-0.1, -0.05) is 13.8 Å². The van der Waals surface area contributed by atoms with Crippen molar-refractivity contribution in [1.29, 1.82) is 0 Å². The molecular weight excluding hydrogens is 250 g/mol. The Hall–Kier alpha value is -1.49. The van der Waals surface area contributed by atoms with Gasteiger partial charge in [-0.15, -0.1) is 0 Å². The van der Waals surface area contributed by atoms with E-state index in [4.69, 9.17) is 5.73 Å². The molecule has 3 N–H and O–H groups in total. The molecular formula is C14H20F2N2O. The fourth-order valence-electron chi connectivity index (χ4n) is 1.83. The lowest BCUT2D eigenvalue weighted by molar-refractivity contribution is -0.122. The van der Waals surface area contributed by atoms with Gasteiger partial charge in [-0.05, 0) is 36.5 Å². The second-order valence-corrected chi connectivity index (χ2v) is 5.05. The molecule has 1 aromatic rings. The summed E-state index contributed by atoms with van der Waals surface area (Å²) in [6.45, 7) is 4.29. The second-order valence-electron chi connectivity index (χ2n) is 5.05. The zero-order chi connectivity index (χ0) is 14.4. The molecule has 106 valence electrons. The third-order valence-corrected chi connectivity index (χ3v) is 2.70. The minimum Gasteiger partial charge on any atom is -0.354 e. The Balaban J connectivity index is 2.39. The van der Waals surface area contributed by atoms with Crippen LogP contribution in [0.15, 0.2) is 18.2 Å². The summed E-state index contributed by atoms with van der Waals surface area (Å²) in [5.41, 5.74) is 6.22. The van der Waals surface area contributed by atoms with Crippen LogP contribution >= 0.6 is 0 Å². The molecule has 3 nitrogen and oxygen atoms in total. The monoisotopic (exact) mass is 270 g/mol. The van der Waals surface area contributed by atoms with Gasteiger partial charge < -0.3 is 11.1 Å². The summed E-state index contributed by atoms with van der Waals surface area (Å²) >= 11 is 0. The molecule has 0 aromatic heterocycles. The summed E-state index contributed by atoms with van der Waals surface area (Å²) in [5, 5.41) is 2.67. The molecule has 5 heteroatoms. The van der Waals surface area contributed by atoms with Crippen LogP contribution in [0.4, 0.5) is 8.78 Å². The van der Waals surface area contributed by atoms with Crippen LogP contribution in [0, 0.1) is 17.6 Å². The van der Waals surface area contributed by atoms with Gasteiger partial charge in [-0.3, -0.25) is 4.79 Å². The Morgan fingerprint density at radius 1 is 1.26 bits per heavy atom. The molecule has 1 amide bonds. The Bertz CT molecular complexity index is 415. The Morgan fingerprint density at radius 3 is 2.37 bits per heavy atom. The van der Waals surface area contributed by atoms with Crippen LogP contribution in [-0.4, -0.2) is 18.5 Å². The topological polar surface area (TPSA) is 55.1 Å². The summed E-state index contributed by atoms with van der Waals surface area (Å²) in [4.78, 5) is 11.6. The van der Waals surface area contributed by atoms with Crippen LogP contribution in [0.3, 0.4) is 0 Å². The van der Waals surface area contributed by atoms with Crippen LogP contribution in [0.2, 0.25) is 0 Å². The predicted molar refractivity (Wildman–Crippen MR) is 70.5 cm³/mol. The first-order valence-corrected chi connectivity index (χ1v) is 6.36. The molecule has 0 unspecified atom stereocenters. The molecule has 0 saturated heterocycles. The molecule has 1 atom stereocenters. The summed E-state index contributed by atoms with van der Waals surface area (Å²) < 4.78 is 25.9. The molecule has 0 fully saturated rings. The van der Waals surface area contributed by atoms with Gasteiger partial charge in [0, 0.05) is 12.6 Å². The standard InChI is InChI=1S/C14H20F2N2O/c1-9(2)5-13(17)14(19)18-4-3-10-6-11(15)8-12(16)7-10/h6-9,13H,3-5,17H2,1-2H3,(H,18,19)/t13-/m1/s1. The first-order valence-electron chi connectivity index (χ1n) is 6.36. The lowest BCUT2D eigenvalue weighted by Crippen LogP contribution is -2.42. The van der Waals surface area contributed by atoms with Crippen molar-refractivity contribution in [2.75, 3.05) is 6.54 Å². The molecule has 0 aliphatic rings. The minimum absolute atomic E-state index is 0.231. The van der Waals surface area contributed by atoms with Gasteiger partial charge in [-0.2, -0.15) is 0 Å². The molecule has 0 aliphatic carbocycles. The fraction of sp³-hybridized carbons (Fsp3) is 0.500. The maximum atomic E-state index is 12.9. The summed E-state index contributed by atoms with van der Waals surface area (Å²) in [7, 11) is 0. The quantitative estimate of drug-likeness (QED) is 0.830. The van der Waals surface area contributed by atoms with E-state index in [0.717, 1.165) is 6.07 Å². The third-order valence-electron chi connectivity index (χ3n) is 2.70. The van der Waals surface area contributed by atoms with E-state index in [0.29, 0.717) is 30.9 Å². The van der Waals surface area contributed by atoms with E-state index in [9.17, 15) is 13.6 Å². The number of halogens is 2. The first-order chi connectivity index (χ1) is 8.88. The minimum atomic E-state index is -0.613. The number of carbonyl (C=O) groups is 1. The van der Waals surface area contributed by atoms with Crippen molar-refractivity contribution >= 4 is 5.91 Å². The normalized spacial score (nSPS) is 12.5. The smallest absolute Gasteiger partial charge is 0.236 e. The SMILES string of the molecule is CC(C)C[C@@H](N)C(=O)NCCc1cc(F)cc(F)c1. The first kappa shape index (κ1) is 15.6. The highest BCUT2D eigenvalue weighted by molar-refractivity contribution is 5.81. The highest BCUT2D eigenvalue weighted by atomic mass is 19.1. The number of nitrogens with one attached hydrogen (secondary N) is 1. The van der Waals surface area contributed by atoms with E-state index in [-0.39, 0.29) is 5.91 Å². The maximum absolute atomic E-state index is 12.9. The fourth-order valence-corrected chi connectivity index (χ4v) is 1.83. The average Bonchev–Trinajstić information content (AvgIpc) is 2.26. The summed E-state index contributed by atoms with van der Waals surface area (Å²) in [5.74, 6) is -1.11. The molecule has 0 radical (unpaired) electrons. The largest absolute Gasteiger partial charge is 0.354 e. The molecule has 0 spiro atoms. The van der Waals surface area contributed by atoms with Crippen LogP contribution in [-0.2, 0) is 11.2 Å². The molecule has 19 heavy (non-hydrogen) atoms. The van der Waals surface area contributed by atoms with Crippen LogP contribution in [0.25, 0.3) is 0 Å². The number of hydrogen-bond donors (Lipinski definition) is 2. The van der Waals surface area contributed by atoms with E-state index in [1.807, 2.05) is 13.8 Å². The Labute approximate surface area is 112 Å². The van der Waals surface area contributed by atoms with Crippen molar-refractivity contribution in [3.63, 3.8) is 0 Å². The van der Waals surface area contributed by atoms with Crippen LogP contribution < -0.4 is 11.1 Å². The number of amides is 1. The van der Waals surface area contributed by atoms with Gasteiger partial charge in [-0.25, -0.2) is 8.78 Å². The second kappa shape index (κ2) is 7.19. The van der Waals surface area contributed by atoms with E-state index in [1.54, 1.807) is 0 Å². The van der Waals surface area contributed by atoms with Crippen LogP contribution in [0.1, 0.15) is 25.8 Å². The van der Waals surface area contributed by atoms with Gasteiger partial charge >= 0.3 is 0 Å². The number of hydrogen-bond acceptors (Lipinski definition) is 2. The van der Waals surface area contributed by atoms with E-state index < -0.39 is 17.7 Å². The zero-order valence-corrected chi connectivity index (χ0v) is 11.2. The third kappa shape index (κ3) is 5.79. The molecule has 0 bridgehead atoms. The highest BCUT2D eigenvalue weighted by Crippen LogP contribution is 2.08. The molecule has 0 saturated carbocycles. The Morgan fingerprint density at radius 2 is 1.84 bits per heavy atom. The predicted octanol–water partition coefficient (Wildman–Crippen LogP) is 2.00. The molecule has 0 heterocycles. The van der Waals surface area contributed by atoms with Crippen LogP contribution in [0.5, 0.6) is 0 Å². The van der Waals surface area contributed by atoms with Gasteiger partial charge in [0.25, 0.3) is 0 Å². The van der Waals surface area contributed by atoms with Crippen molar-refractivity contribution in [1.82, 2.24) is 5.32 Å². The van der Waals surface area contributed by atoms with Gasteiger partial charge in [0.1, 0.15) is 11.6 Å². The maximum Gasteiger partial charge on any atom is 0.236 e. The van der Waals surface area contributed by atoms with Gasteiger partial charge in [0.2, 0.25) is 5.91 Å². The zero-order valence-electron chi connectivity index (χ0n) is 11.2. The van der Waals surface area contributed by atoms with Crippen molar-refractivity contribution in [3.8, 4) is 0 Å². The van der Waals surface area contributed by atoms with Crippen molar-refractivity contribution in [2.45, 2.75) is 32.7 Å². The number of carbonyl (C=O) groups excluding carboxylic acids is 1. The molecule has 1 rings (SSSR count). The summed E-state index contributed by atoms with van der Waals surface area (Å²) in [6, 6.07) is 2.79.